The van der Waals surface area contributed by atoms with E-state index in [2.05, 4.69) is 101 Å². The molecule has 0 saturated carbocycles. The van der Waals surface area contributed by atoms with Crippen molar-refractivity contribution < 1.29 is 4.84 Å². The highest BCUT2D eigenvalue weighted by Gasteiger charge is 2.36. The van der Waals surface area contributed by atoms with Crippen LogP contribution in [0, 0.1) is 5.92 Å². The molecule has 0 bridgehead atoms. The molecule has 2 heteroatoms. The van der Waals surface area contributed by atoms with E-state index in [9.17, 15) is 0 Å². The van der Waals surface area contributed by atoms with E-state index in [4.69, 9.17) is 4.84 Å². The average molecular weight is 340 g/mol. The Morgan fingerprint density at radius 3 is 1.76 bits per heavy atom. The summed E-state index contributed by atoms with van der Waals surface area (Å²) < 4.78 is 0. The van der Waals surface area contributed by atoms with Crippen molar-refractivity contribution in [3.8, 4) is 0 Å². The molecule has 0 saturated heterocycles. The molecule has 0 fully saturated rings. The SMILES string of the molecule is CCC(C)(C)N(OC(C)c1ccccc1)C(c1ccccc1)C(C)C. The molecule has 0 aliphatic rings. The monoisotopic (exact) mass is 339 g/mol. The highest BCUT2D eigenvalue weighted by Crippen LogP contribution is 2.38. The van der Waals surface area contributed by atoms with Gasteiger partial charge in [-0.3, -0.25) is 4.84 Å². The summed E-state index contributed by atoms with van der Waals surface area (Å²) in [5, 5.41) is 2.24. The minimum atomic E-state index is -0.0617. The van der Waals surface area contributed by atoms with Crippen molar-refractivity contribution in [1.29, 1.82) is 0 Å². The topological polar surface area (TPSA) is 12.5 Å². The molecule has 136 valence electrons. The standard InChI is InChI=1S/C23H33NO/c1-7-23(5,6)24(25-19(4)20-14-10-8-11-15-20)22(18(2)3)21-16-12-9-13-17-21/h8-19,22H,7H2,1-6H3. The molecule has 0 radical (unpaired) electrons. The largest absolute Gasteiger partial charge is 0.290 e. The van der Waals surface area contributed by atoms with Crippen molar-refractivity contribution in [3.63, 3.8) is 0 Å². The smallest absolute Gasteiger partial charge is 0.102 e. The lowest BCUT2D eigenvalue weighted by Gasteiger charge is -2.45. The maximum Gasteiger partial charge on any atom is 0.102 e. The number of hydrogen-bond donors (Lipinski definition) is 0. The van der Waals surface area contributed by atoms with Gasteiger partial charge in [-0.25, -0.2) is 0 Å². The summed E-state index contributed by atoms with van der Waals surface area (Å²) in [5.74, 6) is 0.441. The molecule has 0 aliphatic carbocycles. The first-order valence-corrected chi connectivity index (χ1v) is 9.42. The first kappa shape index (κ1) is 19.7. The highest BCUT2D eigenvalue weighted by molar-refractivity contribution is 5.20. The Kier molecular flexibility index (Phi) is 6.80. The van der Waals surface area contributed by atoms with Crippen LogP contribution in [-0.2, 0) is 4.84 Å². The maximum absolute atomic E-state index is 6.60. The van der Waals surface area contributed by atoms with Gasteiger partial charge in [0.05, 0.1) is 6.04 Å². The number of rotatable bonds is 8. The van der Waals surface area contributed by atoms with Gasteiger partial charge < -0.3 is 0 Å². The van der Waals surface area contributed by atoms with Gasteiger partial charge in [-0.05, 0) is 44.2 Å². The van der Waals surface area contributed by atoms with Crippen LogP contribution in [0.1, 0.15) is 71.2 Å². The van der Waals surface area contributed by atoms with E-state index in [1.807, 2.05) is 6.07 Å². The van der Waals surface area contributed by atoms with Gasteiger partial charge in [0, 0.05) is 5.54 Å². The van der Waals surface area contributed by atoms with Crippen LogP contribution >= 0.6 is 0 Å². The third-order valence-corrected chi connectivity index (χ3v) is 5.03. The van der Waals surface area contributed by atoms with E-state index in [0.717, 1.165) is 6.42 Å². The lowest BCUT2D eigenvalue weighted by molar-refractivity contribution is -0.277. The van der Waals surface area contributed by atoms with Crippen LogP contribution in [0.5, 0.6) is 0 Å². The summed E-state index contributed by atoms with van der Waals surface area (Å²) in [6, 6.07) is 21.4. The van der Waals surface area contributed by atoms with Gasteiger partial charge in [-0.2, -0.15) is 5.06 Å². The molecule has 0 N–H and O–H groups in total. The summed E-state index contributed by atoms with van der Waals surface area (Å²) in [5.41, 5.74) is 2.45. The zero-order valence-corrected chi connectivity index (χ0v) is 16.6. The Labute approximate surface area is 153 Å². The first-order chi connectivity index (χ1) is 11.9. The Bertz CT molecular complexity index is 621. The Morgan fingerprint density at radius 2 is 1.32 bits per heavy atom. The molecule has 2 aromatic carbocycles. The average Bonchev–Trinajstić information content (AvgIpc) is 2.62. The van der Waals surface area contributed by atoms with E-state index < -0.39 is 0 Å². The Hall–Kier alpha value is -1.64. The minimum absolute atomic E-state index is 0.0111. The van der Waals surface area contributed by atoms with E-state index in [-0.39, 0.29) is 17.7 Å². The number of benzene rings is 2. The van der Waals surface area contributed by atoms with Crippen molar-refractivity contribution in [1.82, 2.24) is 5.06 Å². The van der Waals surface area contributed by atoms with Crippen molar-refractivity contribution in [2.24, 2.45) is 5.92 Å². The lowest BCUT2D eigenvalue weighted by atomic mass is 9.90. The summed E-state index contributed by atoms with van der Waals surface area (Å²) in [4.78, 5) is 6.60. The van der Waals surface area contributed by atoms with E-state index in [1.54, 1.807) is 0 Å². The molecule has 2 aromatic rings. The molecule has 2 rings (SSSR count). The minimum Gasteiger partial charge on any atom is -0.290 e. The summed E-state index contributed by atoms with van der Waals surface area (Å²) >= 11 is 0. The van der Waals surface area contributed by atoms with Crippen LogP contribution in [0.15, 0.2) is 60.7 Å². The van der Waals surface area contributed by atoms with Crippen LogP contribution in [0.25, 0.3) is 0 Å². The maximum atomic E-state index is 6.60. The summed E-state index contributed by atoms with van der Waals surface area (Å²) in [7, 11) is 0. The normalized spacial score (nSPS) is 14.7. The fourth-order valence-corrected chi connectivity index (χ4v) is 3.14. The number of hydroxylamine groups is 2. The fourth-order valence-electron chi connectivity index (χ4n) is 3.14. The van der Waals surface area contributed by atoms with E-state index in [0.29, 0.717) is 5.92 Å². The molecule has 0 amide bonds. The van der Waals surface area contributed by atoms with Gasteiger partial charge in [0.25, 0.3) is 0 Å². The third kappa shape index (κ3) is 4.93. The second kappa shape index (κ2) is 8.64. The van der Waals surface area contributed by atoms with Gasteiger partial charge in [0.15, 0.2) is 0 Å². The number of nitrogens with zero attached hydrogens (tertiary/aromatic N) is 1. The van der Waals surface area contributed by atoms with E-state index in [1.165, 1.54) is 11.1 Å². The van der Waals surface area contributed by atoms with Gasteiger partial charge in [-0.15, -0.1) is 0 Å². The van der Waals surface area contributed by atoms with Gasteiger partial charge in [0.1, 0.15) is 6.10 Å². The van der Waals surface area contributed by atoms with Crippen LogP contribution in [-0.4, -0.2) is 10.6 Å². The molecule has 0 aromatic heterocycles. The van der Waals surface area contributed by atoms with Crippen molar-refractivity contribution in [2.45, 2.75) is 65.6 Å². The molecule has 2 atom stereocenters. The van der Waals surface area contributed by atoms with Gasteiger partial charge in [-0.1, -0.05) is 81.4 Å². The highest BCUT2D eigenvalue weighted by atomic mass is 16.7. The molecular formula is C23H33NO. The zero-order valence-electron chi connectivity index (χ0n) is 16.6. The molecule has 0 heterocycles. The van der Waals surface area contributed by atoms with Crippen LogP contribution in [0.3, 0.4) is 0 Å². The molecule has 0 aliphatic heterocycles. The molecular weight excluding hydrogens is 306 g/mol. The summed E-state index contributed by atoms with van der Waals surface area (Å²) in [6.45, 7) is 13.4. The second-order valence-electron chi connectivity index (χ2n) is 7.75. The van der Waals surface area contributed by atoms with Crippen molar-refractivity contribution >= 4 is 0 Å². The molecule has 2 unspecified atom stereocenters. The molecule has 25 heavy (non-hydrogen) atoms. The zero-order chi connectivity index (χ0) is 18.4. The Morgan fingerprint density at radius 1 is 0.840 bits per heavy atom. The van der Waals surface area contributed by atoms with Crippen molar-refractivity contribution in [2.75, 3.05) is 0 Å². The first-order valence-electron chi connectivity index (χ1n) is 9.42. The second-order valence-corrected chi connectivity index (χ2v) is 7.75. The van der Waals surface area contributed by atoms with Crippen LogP contribution < -0.4 is 0 Å². The quantitative estimate of drug-likeness (QED) is 0.504. The molecule has 0 spiro atoms. The summed E-state index contributed by atoms with van der Waals surface area (Å²) in [6.07, 6.45) is 1.03. The number of hydrogen-bond acceptors (Lipinski definition) is 2. The van der Waals surface area contributed by atoms with E-state index >= 15 is 0 Å². The Balaban J connectivity index is 2.37. The van der Waals surface area contributed by atoms with Gasteiger partial charge >= 0.3 is 0 Å². The predicted octanol–water partition coefficient (Wildman–Crippen LogP) is 6.57. The van der Waals surface area contributed by atoms with Crippen molar-refractivity contribution in [3.05, 3.63) is 71.8 Å². The van der Waals surface area contributed by atoms with Crippen LogP contribution in [0.4, 0.5) is 0 Å². The van der Waals surface area contributed by atoms with Gasteiger partial charge in [0.2, 0.25) is 0 Å². The predicted molar refractivity (Wildman–Crippen MR) is 106 cm³/mol. The fraction of sp³-hybridized carbons (Fsp3) is 0.478. The van der Waals surface area contributed by atoms with Crippen LogP contribution in [0.2, 0.25) is 0 Å². The lowest BCUT2D eigenvalue weighted by Crippen LogP contribution is -2.47. The molecule has 2 nitrogen and oxygen atoms in total. The third-order valence-electron chi connectivity index (χ3n) is 5.03.